The van der Waals surface area contributed by atoms with Crippen molar-refractivity contribution in [2.75, 3.05) is 0 Å². The van der Waals surface area contributed by atoms with E-state index in [0.29, 0.717) is 0 Å². The molecule has 38 valence electrons. The summed E-state index contributed by atoms with van der Waals surface area (Å²) in [4.78, 5) is 14.0. The number of hydrogen-bond acceptors (Lipinski definition) is 2. The van der Waals surface area contributed by atoms with Gasteiger partial charge in [0.25, 0.3) is 5.91 Å². The molecule has 0 aromatic heterocycles. The molecule has 1 amide bonds. The van der Waals surface area contributed by atoms with Gasteiger partial charge in [0.15, 0.2) is 4.05 Å². The van der Waals surface area contributed by atoms with Crippen LogP contribution in [0.25, 0.3) is 0 Å². The molecule has 0 spiro atoms. The van der Waals surface area contributed by atoms with E-state index in [1.54, 1.807) is 0 Å². The molecule has 1 atom stereocenters. The molecular formula is C3H3IN2O. The Labute approximate surface area is 54.3 Å². The smallest absolute Gasteiger partial charge is 0.260 e. The third-order valence-corrected chi connectivity index (χ3v) is 1.52. The number of hydrogen-bond donors (Lipinski definition) is 1. The van der Waals surface area contributed by atoms with Gasteiger partial charge in [-0.25, -0.2) is 0 Å². The van der Waals surface area contributed by atoms with Crippen molar-refractivity contribution in [3.63, 3.8) is 0 Å². The van der Waals surface area contributed by atoms with E-state index < -0.39 is 0 Å². The molecule has 4 heteroatoms. The summed E-state index contributed by atoms with van der Waals surface area (Å²) in [5, 5.41) is 2.43. The highest BCUT2D eigenvalue weighted by molar-refractivity contribution is 14.1. The van der Waals surface area contributed by atoms with E-state index in [9.17, 15) is 4.79 Å². The zero-order valence-corrected chi connectivity index (χ0v) is 5.55. The monoisotopic (exact) mass is 210 g/mol. The first-order chi connectivity index (χ1) is 3.30. The zero-order chi connectivity index (χ0) is 5.28. The third kappa shape index (κ3) is 0.902. The minimum Gasteiger partial charge on any atom is -0.315 e. The lowest BCUT2D eigenvalue weighted by molar-refractivity contribution is -0.118. The minimum atomic E-state index is -0.197. The molecule has 3 nitrogen and oxygen atoms in total. The summed E-state index contributed by atoms with van der Waals surface area (Å²) in [7, 11) is 0. The van der Waals surface area contributed by atoms with Gasteiger partial charge in [0, 0.05) is 0 Å². The Kier molecular flexibility index (Phi) is 1.27. The second-order valence-corrected chi connectivity index (χ2v) is 2.30. The van der Waals surface area contributed by atoms with Gasteiger partial charge in [-0.05, 0) is 22.6 Å². The summed E-state index contributed by atoms with van der Waals surface area (Å²) >= 11 is 1.95. The lowest BCUT2D eigenvalue weighted by Crippen LogP contribution is -2.19. The van der Waals surface area contributed by atoms with Crippen molar-refractivity contribution in [1.29, 1.82) is 0 Å². The number of rotatable bonds is 0. The van der Waals surface area contributed by atoms with Crippen molar-refractivity contribution in [3.05, 3.63) is 0 Å². The van der Waals surface area contributed by atoms with Crippen LogP contribution in [0.2, 0.25) is 0 Å². The van der Waals surface area contributed by atoms with Crippen LogP contribution in [0.4, 0.5) is 0 Å². The van der Waals surface area contributed by atoms with E-state index >= 15 is 0 Å². The molecule has 0 fully saturated rings. The Bertz CT molecular complexity index is 122. The number of nitrogens with zero attached hydrogens (tertiary/aromatic N) is 1. The van der Waals surface area contributed by atoms with Gasteiger partial charge in [0.2, 0.25) is 0 Å². The molecule has 0 radical (unpaired) electrons. The van der Waals surface area contributed by atoms with Crippen LogP contribution >= 0.6 is 22.6 Å². The Balaban J connectivity index is 2.62. The fraction of sp³-hybridized carbons (Fsp3) is 0.333. The summed E-state index contributed by atoms with van der Waals surface area (Å²) in [6.07, 6.45) is 1.42. The number of nitrogens with one attached hydrogen (secondary N) is 1. The number of amides is 1. The van der Waals surface area contributed by atoms with Gasteiger partial charge in [0.1, 0.15) is 0 Å². The molecule has 1 aliphatic heterocycles. The normalized spacial score (nSPS) is 28.1. The molecule has 1 aliphatic rings. The number of alkyl halides is 1. The molecule has 0 aromatic carbocycles. The van der Waals surface area contributed by atoms with Crippen molar-refractivity contribution in [1.82, 2.24) is 5.32 Å². The molecule has 1 rings (SSSR count). The molecule has 1 heterocycles. The average Bonchev–Trinajstić information content (AvgIpc) is 1.91. The van der Waals surface area contributed by atoms with Crippen LogP contribution in [0, 0.1) is 0 Å². The van der Waals surface area contributed by atoms with Crippen LogP contribution in [0.3, 0.4) is 0 Å². The highest BCUT2D eigenvalue weighted by atomic mass is 127. The van der Waals surface area contributed by atoms with E-state index in [1.807, 2.05) is 22.6 Å². The minimum absolute atomic E-state index is 0.0272. The van der Waals surface area contributed by atoms with Gasteiger partial charge in [-0.1, -0.05) is 0 Å². The van der Waals surface area contributed by atoms with Crippen molar-refractivity contribution in [2.24, 2.45) is 4.99 Å². The van der Waals surface area contributed by atoms with Crippen LogP contribution in [-0.4, -0.2) is 16.3 Å². The van der Waals surface area contributed by atoms with Crippen LogP contribution in [0.5, 0.6) is 0 Å². The van der Waals surface area contributed by atoms with Crippen molar-refractivity contribution < 1.29 is 4.79 Å². The quantitative estimate of drug-likeness (QED) is 0.338. The molecule has 0 bridgehead atoms. The third-order valence-electron chi connectivity index (χ3n) is 0.629. The van der Waals surface area contributed by atoms with Crippen molar-refractivity contribution in [2.45, 2.75) is 4.05 Å². The van der Waals surface area contributed by atoms with Crippen LogP contribution in [-0.2, 0) is 4.79 Å². The first-order valence-corrected chi connectivity index (χ1v) is 3.01. The maximum atomic E-state index is 10.3. The molecular weight excluding hydrogens is 207 g/mol. The maximum absolute atomic E-state index is 10.3. The Morgan fingerprint density at radius 1 is 2.00 bits per heavy atom. The molecule has 0 aromatic rings. The second-order valence-electron chi connectivity index (χ2n) is 1.12. The maximum Gasteiger partial charge on any atom is 0.260 e. The predicted octanol–water partition coefficient (Wildman–Crippen LogP) is -0.0944. The average molecular weight is 210 g/mol. The highest BCUT2D eigenvalue weighted by Gasteiger charge is 2.14. The number of aliphatic imine (C=N–C) groups is 1. The fourth-order valence-electron chi connectivity index (χ4n) is 0.303. The second kappa shape index (κ2) is 1.77. The van der Waals surface area contributed by atoms with Crippen LogP contribution in [0.1, 0.15) is 0 Å². The largest absolute Gasteiger partial charge is 0.315 e. The summed E-state index contributed by atoms with van der Waals surface area (Å²) in [5.74, 6) is -0.0272. The van der Waals surface area contributed by atoms with Crippen LogP contribution in [0.15, 0.2) is 4.99 Å². The number of carbonyl (C=O) groups is 1. The molecule has 7 heavy (non-hydrogen) atoms. The van der Waals surface area contributed by atoms with Crippen molar-refractivity contribution in [3.8, 4) is 0 Å². The highest BCUT2D eigenvalue weighted by Crippen LogP contribution is 2.03. The van der Waals surface area contributed by atoms with Gasteiger partial charge in [-0.2, -0.15) is 0 Å². The Hall–Kier alpha value is -0.130. The zero-order valence-electron chi connectivity index (χ0n) is 3.39. The molecule has 0 saturated carbocycles. The summed E-state index contributed by atoms with van der Waals surface area (Å²) in [6, 6.07) is 0. The summed E-state index contributed by atoms with van der Waals surface area (Å²) in [6.45, 7) is 0. The predicted molar refractivity (Wildman–Crippen MR) is 34.4 cm³/mol. The standard InChI is InChI=1S/C3H3IN2O/c4-2-3(7)6-1-5-2/h1-2H,(H,5,6,7). The lowest BCUT2D eigenvalue weighted by Gasteiger charge is -1.86. The number of carbonyl (C=O) groups excluding carboxylic acids is 1. The molecule has 1 N–H and O–H groups in total. The Morgan fingerprint density at radius 3 is 2.86 bits per heavy atom. The van der Waals surface area contributed by atoms with Gasteiger partial charge >= 0.3 is 0 Å². The Morgan fingerprint density at radius 2 is 2.71 bits per heavy atom. The van der Waals surface area contributed by atoms with E-state index in [4.69, 9.17) is 0 Å². The fourth-order valence-corrected chi connectivity index (χ4v) is 0.643. The van der Waals surface area contributed by atoms with E-state index in [2.05, 4.69) is 10.3 Å². The first kappa shape index (κ1) is 5.02. The summed E-state index contributed by atoms with van der Waals surface area (Å²) in [5.41, 5.74) is 0. The molecule has 1 unspecified atom stereocenters. The van der Waals surface area contributed by atoms with E-state index in [0.717, 1.165) is 0 Å². The van der Waals surface area contributed by atoms with Gasteiger partial charge in [0.05, 0.1) is 6.34 Å². The SMILES string of the molecule is O=C1NC=NC1I. The topological polar surface area (TPSA) is 41.5 Å². The van der Waals surface area contributed by atoms with Gasteiger partial charge in [-0.3, -0.25) is 9.79 Å². The van der Waals surface area contributed by atoms with Crippen molar-refractivity contribution >= 4 is 34.8 Å². The van der Waals surface area contributed by atoms with Gasteiger partial charge in [-0.15, -0.1) is 0 Å². The summed E-state index contributed by atoms with van der Waals surface area (Å²) < 4.78 is -0.197. The van der Waals surface area contributed by atoms with E-state index in [1.165, 1.54) is 6.34 Å². The lowest BCUT2D eigenvalue weighted by atomic mass is 10.7. The molecule has 0 saturated heterocycles. The van der Waals surface area contributed by atoms with E-state index in [-0.39, 0.29) is 9.96 Å². The first-order valence-electron chi connectivity index (χ1n) is 1.77. The van der Waals surface area contributed by atoms with Crippen LogP contribution < -0.4 is 5.32 Å². The number of halogens is 1. The van der Waals surface area contributed by atoms with Gasteiger partial charge < -0.3 is 5.32 Å². The molecule has 0 aliphatic carbocycles.